The molecule has 3 aromatic rings. The summed E-state index contributed by atoms with van der Waals surface area (Å²) in [5, 5.41) is 3.70. The third kappa shape index (κ3) is 3.82. The van der Waals surface area contributed by atoms with Gasteiger partial charge in [0.2, 0.25) is 0 Å². The molecule has 0 heterocycles. The Morgan fingerprint density at radius 1 is 0.783 bits per heavy atom. The topological polar surface area (TPSA) is 38.3 Å². The monoisotopic (exact) mass is 323 g/mol. The number of hydrogen-bond donors (Lipinski definition) is 1. The minimum Gasteiger partial charge on any atom is -0.426 e. The fourth-order valence-corrected chi connectivity index (χ4v) is 3.95. The predicted octanol–water partition coefficient (Wildman–Crippen LogP) is 5.00. The van der Waals surface area contributed by atoms with Gasteiger partial charge in [0.1, 0.15) is 5.75 Å². The molecule has 3 rings (SSSR count). The Morgan fingerprint density at radius 3 is 1.96 bits per heavy atom. The third-order valence-electron chi connectivity index (χ3n) is 3.40. The highest BCUT2D eigenvalue weighted by Crippen LogP contribution is 2.45. The number of nitrogens with one attached hydrogen (secondary N) is 1. The first-order valence-corrected chi connectivity index (χ1v) is 9.03. The van der Waals surface area contributed by atoms with Gasteiger partial charge in [-0.3, -0.25) is 0 Å². The van der Waals surface area contributed by atoms with Gasteiger partial charge >= 0.3 is 7.52 Å². The van der Waals surface area contributed by atoms with E-state index in [0.717, 1.165) is 11.3 Å². The number of hydrogen-bond acceptors (Lipinski definition) is 2. The van der Waals surface area contributed by atoms with Crippen LogP contribution in [0.25, 0.3) is 0 Å². The van der Waals surface area contributed by atoms with Crippen LogP contribution < -0.4 is 14.9 Å². The van der Waals surface area contributed by atoms with E-state index in [1.165, 1.54) is 0 Å². The summed E-state index contributed by atoms with van der Waals surface area (Å²) < 4.78 is 19.4. The zero-order chi connectivity index (χ0) is 16.1. The first-order chi connectivity index (χ1) is 11.2. The van der Waals surface area contributed by atoms with Crippen LogP contribution in [0.4, 0.5) is 5.69 Å². The number of rotatable bonds is 5. The summed E-state index contributed by atoms with van der Waals surface area (Å²) >= 11 is 0. The van der Waals surface area contributed by atoms with Crippen molar-refractivity contribution in [3.05, 3.63) is 90.5 Å². The Labute approximate surface area is 136 Å². The molecular weight excluding hydrogens is 305 g/mol. The largest absolute Gasteiger partial charge is 0.426 e. The Bertz CT molecular complexity index is 802. The van der Waals surface area contributed by atoms with Gasteiger partial charge in [-0.2, -0.15) is 0 Å². The van der Waals surface area contributed by atoms with Crippen LogP contribution in [0.5, 0.6) is 5.75 Å². The SMILES string of the molecule is Cc1ccc(OP(=O)(Nc2ccccc2)c2ccccc2)cc1. The van der Waals surface area contributed by atoms with E-state index in [-0.39, 0.29) is 0 Å². The third-order valence-corrected chi connectivity index (χ3v) is 5.40. The molecule has 3 aromatic carbocycles. The lowest BCUT2D eigenvalue weighted by Gasteiger charge is -2.21. The highest BCUT2D eigenvalue weighted by atomic mass is 31.2. The molecule has 0 spiro atoms. The average Bonchev–Trinajstić information content (AvgIpc) is 2.59. The first-order valence-electron chi connectivity index (χ1n) is 7.41. The van der Waals surface area contributed by atoms with E-state index >= 15 is 0 Å². The second-order valence-corrected chi connectivity index (χ2v) is 7.29. The summed E-state index contributed by atoms with van der Waals surface area (Å²) in [6, 6.07) is 26.2. The van der Waals surface area contributed by atoms with E-state index in [0.29, 0.717) is 11.1 Å². The Kier molecular flexibility index (Phi) is 4.50. The van der Waals surface area contributed by atoms with E-state index < -0.39 is 7.52 Å². The molecule has 0 aromatic heterocycles. The fourth-order valence-electron chi connectivity index (χ4n) is 2.19. The van der Waals surface area contributed by atoms with Gasteiger partial charge in [-0.15, -0.1) is 0 Å². The van der Waals surface area contributed by atoms with E-state index in [4.69, 9.17) is 4.52 Å². The van der Waals surface area contributed by atoms with Crippen LogP contribution in [-0.4, -0.2) is 0 Å². The molecule has 23 heavy (non-hydrogen) atoms. The van der Waals surface area contributed by atoms with Crippen LogP contribution in [0, 0.1) is 6.92 Å². The summed E-state index contributed by atoms with van der Waals surface area (Å²) in [5.41, 5.74) is 1.88. The smallest absolute Gasteiger partial charge is 0.371 e. The predicted molar refractivity (Wildman–Crippen MR) is 95.6 cm³/mol. The normalized spacial score (nSPS) is 13.1. The van der Waals surface area contributed by atoms with Gasteiger partial charge in [-0.1, -0.05) is 54.1 Å². The maximum absolute atomic E-state index is 13.5. The van der Waals surface area contributed by atoms with Crippen molar-refractivity contribution in [1.82, 2.24) is 0 Å². The lowest BCUT2D eigenvalue weighted by atomic mass is 10.2. The van der Waals surface area contributed by atoms with Crippen LogP contribution in [0.2, 0.25) is 0 Å². The van der Waals surface area contributed by atoms with Gasteiger partial charge in [-0.05, 0) is 43.3 Å². The molecule has 0 amide bonds. The van der Waals surface area contributed by atoms with Gasteiger partial charge in [0.05, 0.1) is 5.30 Å². The first kappa shape index (κ1) is 15.4. The molecule has 0 aliphatic carbocycles. The molecule has 0 radical (unpaired) electrons. The Balaban J connectivity index is 1.96. The van der Waals surface area contributed by atoms with Crippen LogP contribution >= 0.6 is 7.52 Å². The molecule has 0 bridgehead atoms. The van der Waals surface area contributed by atoms with Crippen molar-refractivity contribution in [2.45, 2.75) is 6.92 Å². The second-order valence-electron chi connectivity index (χ2n) is 5.27. The average molecular weight is 323 g/mol. The Morgan fingerprint density at radius 2 is 1.35 bits per heavy atom. The molecule has 0 saturated heterocycles. The molecule has 116 valence electrons. The molecule has 1 unspecified atom stereocenters. The van der Waals surface area contributed by atoms with Crippen molar-refractivity contribution in [2.75, 3.05) is 5.09 Å². The summed E-state index contributed by atoms with van der Waals surface area (Å²) in [6.07, 6.45) is 0. The van der Waals surface area contributed by atoms with Crippen molar-refractivity contribution < 1.29 is 9.09 Å². The molecule has 0 fully saturated rings. The maximum Gasteiger partial charge on any atom is 0.371 e. The van der Waals surface area contributed by atoms with Crippen molar-refractivity contribution in [1.29, 1.82) is 0 Å². The zero-order valence-electron chi connectivity index (χ0n) is 12.8. The molecule has 0 aliphatic heterocycles. The minimum atomic E-state index is -3.28. The van der Waals surface area contributed by atoms with E-state index in [1.807, 2.05) is 91.9 Å². The summed E-state index contributed by atoms with van der Waals surface area (Å²) in [4.78, 5) is 0. The van der Waals surface area contributed by atoms with Gasteiger partial charge in [0.25, 0.3) is 0 Å². The fraction of sp³-hybridized carbons (Fsp3) is 0.0526. The molecule has 1 N–H and O–H groups in total. The van der Waals surface area contributed by atoms with Crippen molar-refractivity contribution in [3.8, 4) is 5.75 Å². The quantitative estimate of drug-likeness (QED) is 0.671. The van der Waals surface area contributed by atoms with E-state index in [2.05, 4.69) is 5.09 Å². The van der Waals surface area contributed by atoms with Gasteiger partial charge in [-0.25, -0.2) is 4.57 Å². The number of para-hydroxylation sites is 1. The molecule has 4 heteroatoms. The molecular formula is C19H18NO2P. The van der Waals surface area contributed by atoms with Crippen molar-refractivity contribution in [3.63, 3.8) is 0 Å². The van der Waals surface area contributed by atoms with Crippen LogP contribution in [0.3, 0.4) is 0 Å². The zero-order valence-corrected chi connectivity index (χ0v) is 13.7. The molecule has 3 nitrogen and oxygen atoms in total. The number of anilines is 1. The van der Waals surface area contributed by atoms with Gasteiger partial charge in [0.15, 0.2) is 0 Å². The highest BCUT2D eigenvalue weighted by molar-refractivity contribution is 7.68. The summed E-state index contributed by atoms with van der Waals surface area (Å²) in [7, 11) is -3.28. The maximum atomic E-state index is 13.5. The lowest BCUT2D eigenvalue weighted by Crippen LogP contribution is -2.16. The standard InChI is InChI=1S/C19H18NO2P/c1-16-12-14-18(15-13-16)22-23(21,19-10-6-3-7-11-19)20-17-8-4-2-5-9-17/h2-15H,1H3,(H,20,21). The Hall–Kier alpha value is -2.51. The van der Waals surface area contributed by atoms with Crippen LogP contribution in [0.1, 0.15) is 5.56 Å². The second kappa shape index (κ2) is 6.72. The van der Waals surface area contributed by atoms with Crippen LogP contribution in [-0.2, 0) is 4.57 Å². The minimum absolute atomic E-state index is 0.575. The molecule has 0 aliphatic rings. The molecule has 0 saturated carbocycles. The number of aryl methyl sites for hydroxylation is 1. The van der Waals surface area contributed by atoms with Crippen molar-refractivity contribution >= 4 is 18.5 Å². The van der Waals surface area contributed by atoms with E-state index in [9.17, 15) is 4.57 Å². The van der Waals surface area contributed by atoms with Crippen LogP contribution in [0.15, 0.2) is 84.9 Å². The van der Waals surface area contributed by atoms with Gasteiger partial charge < -0.3 is 9.61 Å². The van der Waals surface area contributed by atoms with E-state index in [1.54, 1.807) is 0 Å². The number of benzene rings is 3. The summed E-state index contributed by atoms with van der Waals surface area (Å²) in [5.74, 6) is 0.575. The van der Waals surface area contributed by atoms with Crippen molar-refractivity contribution in [2.24, 2.45) is 0 Å². The van der Waals surface area contributed by atoms with Gasteiger partial charge in [0, 0.05) is 5.69 Å². The molecule has 1 atom stereocenters. The summed E-state index contributed by atoms with van der Waals surface area (Å²) in [6.45, 7) is 2.00. The highest BCUT2D eigenvalue weighted by Gasteiger charge is 2.27. The lowest BCUT2D eigenvalue weighted by molar-refractivity contribution is 0.498.